The highest BCUT2D eigenvalue weighted by molar-refractivity contribution is 7.15. The van der Waals surface area contributed by atoms with E-state index in [0.29, 0.717) is 22.0 Å². The average Bonchev–Trinajstić information content (AvgIpc) is 3.05. The van der Waals surface area contributed by atoms with Crippen molar-refractivity contribution in [3.8, 4) is 0 Å². The van der Waals surface area contributed by atoms with Crippen molar-refractivity contribution in [3.05, 3.63) is 80.9 Å². The maximum absolute atomic E-state index is 12.9. The summed E-state index contributed by atoms with van der Waals surface area (Å²) in [5, 5.41) is 6.56. The largest absolute Gasteiger partial charge is 0.416 e. The van der Waals surface area contributed by atoms with Crippen LogP contribution in [0.5, 0.6) is 0 Å². The lowest BCUT2D eigenvalue weighted by molar-refractivity contribution is -0.137. The molecule has 0 spiro atoms. The molecule has 2 heterocycles. The summed E-state index contributed by atoms with van der Waals surface area (Å²) in [5.41, 5.74) is 3.45. The molecule has 1 aliphatic rings. The van der Waals surface area contributed by atoms with Gasteiger partial charge in [0.15, 0.2) is 5.13 Å². The third-order valence-electron chi connectivity index (χ3n) is 5.09. The molecule has 0 aliphatic carbocycles. The lowest BCUT2D eigenvalue weighted by Crippen LogP contribution is -2.24. The Labute approximate surface area is 176 Å². The number of hydrogen-bond acceptors (Lipinski definition) is 4. The molecule has 0 atom stereocenters. The second kappa shape index (κ2) is 8.20. The van der Waals surface area contributed by atoms with Crippen LogP contribution < -0.4 is 10.6 Å². The SMILES string of the molecule is Cc1sc(NC(=O)c2ccc3c(c2)CCNC3)nc1Cc1cccc(C(F)(F)F)c1. The second-order valence-corrected chi connectivity index (χ2v) is 8.46. The summed E-state index contributed by atoms with van der Waals surface area (Å²) in [6, 6.07) is 10.9. The second-order valence-electron chi connectivity index (χ2n) is 7.26. The van der Waals surface area contributed by atoms with E-state index in [-0.39, 0.29) is 12.3 Å². The van der Waals surface area contributed by atoms with Gasteiger partial charge in [0.1, 0.15) is 0 Å². The number of carbonyl (C=O) groups is 1. The average molecular weight is 431 g/mol. The molecule has 0 bridgehead atoms. The van der Waals surface area contributed by atoms with Gasteiger partial charge in [-0.1, -0.05) is 24.3 Å². The van der Waals surface area contributed by atoms with Gasteiger partial charge in [-0.15, -0.1) is 11.3 Å². The molecule has 0 fully saturated rings. The summed E-state index contributed by atoms with van der Waals surface area (Å²) in [4.78, 5) is 18.0. The van der Waals surface area contributed by atoms with E-state index in [2.05, 4.69) is 15.6 Å². The Balaban J connectivity index is 1.48. The van der Waals surface area contributed by atoms with Gasteiger partial charge in [0.2, 0.25) is 0 Å². The highest BCUT2D eigenvalue weighted by Gasteiger charge is 2.30. The van der Waals surface area contributed by atoms with Crippen molar-refractivity contribution in [2.24, 2.45) is 0 Å². The van der Waals surface area contributed by atoms with Crippen LogP contribution >= 0.6 is 11.3 Å². The topological polar surface area (TPSA) is 54.0 Å². The fourth-order valence-electron chi connectivity index (χ4n) is 3.48. The zero-order chi connectivity index (χ0) is 21.3. The molecule has 8 heteroatoms. The molecule has 0 saturated heterocycles. The van der Waals surface area contributed by atoms with Crippen molar-refractivity contribution in [1.29, 1.82) is 0 Å². The van der Waals surface area contributed by atoms with Crippen molar-refractivity contribution >= 4 is 22.4 Å². The number of anilines is 1. The number of hydrogen-bond donors (Lipinski definition) is 2. The van der Waals surface area contributed by atoms with Crippen LogP contribution in [-0.2, 0) is 25.6 Å². The fourth-order valence-corrected chi connectivity index (χ4v) is 4.31. The molecule has 1 amide bonds. The minimum absolute atomic E-state index is 0.240. The van der Waals surface area contributed by atoms with Gasteiger partial charge in [-0.25, -0.2) is 4.98 Å². The molecule has 30 heavy (non-hydrogen) atoms. The highest BCUT2D eigenvalue weighted by atomic mass is 32.1. The first-order valence-electron chi connectivity index (χ1n) is 9.56. The number of benzene rings is 2. The summed E-state index contributed by atoms with van der Waals surface area (Å²) in [5.74, 6) is -0.240. The Kier molecular flexibility index (Phi) is 5.62. The minimum atomic E-state index is -4.38. The van der Waals surface area contributed by atoms with Crippen LogP contribution in [0.1, 0.15) is 43.2 Å². The van der Waals surface area contributed by atoms with Crippen molar-refractivity contribution in [2.75, 3.05) is 11.9 Å². The number of aryl methyl sites for hydroxylation is 1. The smallest absolute Gasteiger partial charge is 0.312 e. The lowest BCUT2D eigenvalue weighted by Gasteiger charge is -2.17. The van der Waals surface area contributed by atoms with Gasteiger partial charge in [0.05, 0.1) is 11.3 Å². The first-order chi connectivity index (χ1) is 14.3. The summed E-state index contributed by atoms with van der Waals surface area (Å²) >= 11 is 1.32. The Bertz CT molecular complexity index is 1090. The summed E-state index contributed by atoms with van der Waals surface area (Å²) < 4.78 is 38.8. The van der Waals surface area contributed by atoms with Gasteiger partial charge >= 0.3 is 6.18 Å². The van der Waals surface area contributed by atoms with E-state index < -0.39 is 11.7 Å². The number of nitrogens with zero attached hydrogens (tertiary/aromatic N) is 1. The predicted octanol–water partition coefficient (Wildman–Crippen LogP) is 4.96. The summed E-state index contributed by atoms with van der Waals surface area (Å²) in [6.45, 7) is 3.55. The number of fused-ring (bicyclic) bond motifs is 1. The van der Waals surface area contributed by atoms with E-state index in [1.54, 1.807) is 12.1 Å². The predicted molar refractivity (Wildman–Crippen MR) is 111 cm³/mol. The zero-order valence-corrected chi connectivity index (χ0v) is 17.1. The molecule has 4 rings (SSSR count). The normalized spacial score (nSPS) is 13.7. The Morgan fingerprint density at radius 3 is 2.83 bits per heavy atom. The quantitative estimate of drug-likeness (QED) is 0.614. The van der Waals surface area contributed by atoms with E-state index in [0.717, 1.165) is 36.5 Å². The molecule has 0 radical (unpaired) electrons. The maximum atomic E-state index is 12.9. The van der Waals surface area contributed by atoms with E-state index in [1.807, 2.05) is 19.1 Å². The number of halogens is 3. The molecule has 0 unspecified atom stereocenters. The van der Waals surface area contributed by atoms with E-state index in [1.165, 1.54) is 28.5 Å². The Hall–Kier alpha value is -2.71. The standard InChI is InChI=1S/C22H20F3N3OS/c1-13-19(10-14-3-2-4-18(9-14)22(23,24)25)27-21(30-13)28-20(29)16-5-6-17-12-26-8-7-15(17)11-16/h2-6,9,11,26H,7-8,10,12H2,1H3,(H,27,28,29). The van der Waals surface area contributed by atoms with Gasteiger partial charge in [0.25, 0.3) is 5.91 Å². The van der Waals surface area contributed by atoms with Crippen LogP contribution in [0.15, 0.2) is 42.5 Å². The maximum Gasteiger partial charge on any atom is 0.416 e. The Morgan fingerprint density at radius 2 is 2.03 bits per heavy atom. The van der Waals surface area contributed by atoms with E-state index in [9.17, 15) is 18.0 Å². The number of thiazole rings is 1. The Morgan fingerprint density at radius 1 is 1.20 bits per heavy atom. The lowest BCUT2D eigenvalue weighted by atomic mass is 9.98. The summed E-state index contributed by atoms with van der Waals surface area (Å²) in [6.07, 6.45) is -3.22. The first kappa shape index (κ1) is 20.6. The number of nitrogens with one attached hydrogen (secondary N) is 2. The van der Waals surface area contributed by atoms with Gasteiger partial charge in [-0.05, 0) is 54.8 Å². The van der Waals surface area contributed by atoms with Crippen LogP contribution in [0, 0.1) is 6.92 Å². The zero-order valence-electron chi connectivity index (χ0n) is 16.3. The van der Waals surface area contributed by atoms with Gasteiger partial charge < -0.3 is 5.32 Å². The molecule has 1 aliphatic heterocycles. The van der Waals surface area contributed by atoms with Crippen LogP contribution in [0.4, 0.5) is 18.3 Å². The molecule has 156 valence electrons. The van der Waals surface area contributed by atoms with Crippen LogP contribution in [-0.4, -0.2) is 17.4 Å². The molecule has 2 aromatic carbocycles. The van der Waals surface area contributed by atoms with Gasteiger partial charge in [-0.2, -0.15) is 13.2 Å². The molecule has 2 N–H and O–H groups in total. The number of carbonyl (C=O) groups excluding carboxylic acids is 1. The fraction of sp³-hybridized carbons (Fsp3) is 0.273. The molecule has 3 aromatic rings. The molecular weight excluding hydrogens is 411 g/mol. The van der Waals surface area contributed by atoms with Crippen molar-refractivity contribution in [1.82, 2.24) is 10.3 Å². The summed E-state index contributed by atoms with van der Waals surface area (Å²) in [7, 11) is 0. The van der Waals surface area contributed by atoms with E-state index >= 15 is 0 Å². The van der Waals surface area contributed by atoms with Crippen LogP contribution in [0.25, 0.3) is 0 Å². The third kappa shape index (κ3) is 4.55. The first-order valence-corrected chi connectivity index (χ1v) is 10.4. The van der Waals surface area contributed by atoms with Gasteiger partial charge in [0, 0.05) is 23.4 Å². The monoisotopic (exact) mass is 431 g/mol. The molecule has 4 nitrogen and oxygen atoms in total. The third-order valence-corrected chi connectivity index (χ3v) is 6.02. The van der Waals surface area contributed by atoms with E-state index in [4.69, 9.17) is 0 Å². The van der Waals surface area contributed by atoms with Crippen molar-refractivity contribution in [3.63, 3.8) is 0 Å². The van der Waals surface area contributed by atoms with Crippen LogP contribution in [0.3, 0.4) is 0 Å². The number of alkyl halides is 3. The number of amides is 1. The molecule has 0 saturated carbocycles. The van der Waals surface area contributed by atoms with Crippen molar-refractivity contribution < 1.29 is 18.0 Å². The molecular formula is C22H20F3N3OS. The minimum Gasteiger partial charge on any atom is -0.312 e. The van der Waals surface area contributed by atoms with Gasteiger partial charge in [-0.3, -0.25) is 10.1 Å². The van der Waals surface area contributed by atoms with Crippen molar-refractivity contribution in [2.45, 2.75) is 32.5 Å². The number of aromatic nitrogens is 1. The highest BCUT2D eigenvalue weighted by Crippen LogP contribution is 2.31. The number of rotatable bonds is 4. The van der Waals surface area contributed by atoms with Crippen LogP contribution in [0.2, 0.25) is 0 Å². The molecule has 1 aromatic heterocycles.